The van der Waals surface area contributed by atoms with Gasteiger partial charge in [0, 0.05) is 41.5 Å². The maximum Gasteiger partial charge on any atom is 0.267 e. The van der Waals surface area contributed by atoms with Crippen molar-refractivity contribution in [2.75, 3.05) is 6.54 Å². The normalized spacial score (nSPS) is 22.0. The number of rotatable bonds is 4. The minimum absolute atomic E-state index is 0.0683. The first-order chi connectivity index (χ1) is 16.9. The van der Waals surface area contributed by atoms with Crippen LogP contribution < -0.4 is 11.1 Å². The number of pyridine rings is 2. The molecule has 5 rings (SSSR count). The number of fused-ring (bicyclic) bond motifs is 1. The first-order valence-corrected chi connectivity index (χ1v) is 11.2. The van der Waals surface area contributed by atoms with Gasteiger partial charge in [0.05, 0.1) is 11.7 Å². The molecule has 3 aromatic rings. The standard InChI is InChI=1S/C25H21F3N4O3/c26-13-5-1-6-14(27)19(13)22-21(28)20(24-16(33)10-15-17(35-24)7-3-9-31-15)18(23(32-22)25(29)34)12-4-2-8-30-11-12/h1-2,4-6,8,11,15,17,24,31H,3,7,9-10H2,(H2,29,34). The van der Waals surface area contributed by atoms with Gasteiger partial charge in [-0.05, 0) is 37.6 Å². The monoisotopic (exact) mass is 482 g/mol. The number of Topliss-reactive ketones (excluding diaryl/α,β-unsaturated/α-hetero) is 1. The molecule has 3 unspecified atom stereocenters. The van der Waals surface area contributed by atoms with Crippen molar-refractivity contribution in [3.05, 3.63) is 71.4 Å². The smallest absolute Gasteiger partial charge is 0.267 e. The van der Waals surface area contributed by atoms with E-state index in [2.05, 4.69) is 15.3 Å². The fourth-order valence-corrected chi connectivity index (χ4v) is 4.79. The van der Waals surface area contributed by atoms with E-state index in [0.29, 0.717) is 6.42 Å². The Morgan fingerprint density at radius 1 is 1.11 bits per heavy atom. The number of nitrogens with one attached hydrogen (secondary N) is 1. The van der Waals surface area contributed by atoms with Crippen LogP contribution in [0, 0.1) is 17.5 Å². The van der Waals surface area contributed by atoms with Crippen LogP contribution in [-0.2, 0) is 9.53 Å². The minimum atomic E-state index is -1.43. The molecule has 3 N–H and O–H groups in total. The molecule has 1 aromatic carbocycles. The van der Waals surface area contributed by atoms with Crippen molar-refractivity contribution >= 4 is 11.7 Å². The van der Waals surface area contributed by atoms with Crippen molar-refractivity contribution in [2.24, 2.45) is 5.73 Å². The van der Waals surface area contributed by atoms with Crippen LogP contribution in [0.1, 0.15) is 41.4 Å². The predicted octanol–water partition coefficient (Wildman–Crippen LogP) is 3.48. The number of hydrogen-bond donors (Lipinski definition) is 2. The van der Waals surface area contributed by atoms with E-state index in [1.54, 1.807) is 12.1 Å². The second kappa shape index (κ2) is 9.20. The number of ether oxygens (including phenoxy) is 1. The van der Waals surface area contributed by atoms with Crippen LogP contribution >= 0.6 is 0 Å². The Bertz CT molecular complexity index is 1300. The summed E-state index contributed by atoms with van der Waals surface area (Å²) in [5, 5.41) is 3.23. The van der Waals surface area contributed by atoms with Crippen molar-refractivity contribution in [3.8, 4) is 22.4 Å². The van der Waals surface area contributed by atoms with Gasteiger partial charge in [-0.15, -0.1) is 0 Å². The van der Waals surface area contributed by atoms with E-state index in [1.807, 2.05) is 0 Å². The highest BCUT2D eigenvalue weighted by Gasteiger charge is 2.42. The maximum atomic E-state index is 16.3. The van der Waals surface area contributed by atoms with Gasteiger partial charge in [0.2, 0.25) is 0 Å². The molecule has 2 aliphatic rings. The van der Waals surface area contributed by atoms with Gasteiger partial charge in [0.15, 0.2) is 11.6 Å². The average Bonchev–Trinajstić information content (AvgIpc) is 2.84. The predicted molar refractivity (Wildman–Crippen MR) is 120 cm³/mol. The van der Waals surface area contributed by atoms with Crippen LogP contribution in [0.4, 0.5) is 13.2 Å². The minimum Gasteiger partial charge on any atom is -0.364 e. The van der Waals surface area contributed by atoms with Gasteiger partial charge in [-0.3, -0.25) is 14.6 Å². The summed E-state index contributed by atoms with van der Waals surface area (Å²) in [6.07, 6.45) is 2.53. The molecule has 0 aliphatic carbocycles. The summed E-state index contributed by atoms with van der Waals surface area (Å²) >= 11 is 0. The molecule has 10 heteroatoms. The third kappa shape index (κ3) is 4.08. The SMILES string of the molecule is NC(=O)c1nc(-c2c(F)cccc2F)c(F)c(C2OC3CCCNC3CC2=O)c1-c1cccnc1. The zero-order valence-corrected chi connectivity index (χ0v) is 18.4. The molecule has 3 atom stereocenters. The Morgan fingerprint density at radius 3 is 2.57 bits per heavy atom. The van der Waals surface area contributed by atoms with E-state index < -0.39 is 52.2 Å². The zero-order chi connectivity index (χ0) is 24.7. The summed E-state index contributed by atoms with van der Waals surface area (Å²) in [4.78, 5) is 33.7. The first-order valence-electron chi connectivity index (χ1n) is 11.2. The Hall–Kier alpha value is -3.63. The Morgan fingerprint density at radius 2 is 1.89 bits per heavy atom. The van der Waals surface area contributed by atoms with Crippen molar-refractivity contribution in [1.82, 2.24) is 15.3 Å². The van der Waals surface area contributed by atoms with Crippen molar-refractivity contribution in [3.63, 3.8) is 0 Å². The van der Waals surface area contributed by atoms with Gasteiger partial charge in [0.25, 0.3) is 5.91 Å². The number of nitrogens with two attached hydrogens (primary N) is 1. The molecule has 2 aromatic heterocycles. The van der Waals surface area contributed by atoms with Crippen molar-refractivity contribution in [2.45, 2.75) is 37.5 Å². The van der Waals surface area contributed by atoms with E-state index in [4.69, 9.17) is 10.5 Å². The van der Waals surface area contributed by atoms with Gasteiger partial charge < -0.3 is 15.8 Å². The lowest BCUT2D eigenvalue weighted by Crippen LogP contribution is -2.52. The first kappa shape index (κ1) is 23.1. The molecular weight excluding hydrogens is 461 g/mol. The number of halogens is 3. The number of amides is 1. The molecule has 7 nitrogen and oxygen atoms in total. The van der Waals surface area contributed by atoms with E-state index in [1.165, 1.54) is 12.4 Å². The summed E-state index contributed by atoms with van der Waals surface area (Å²) in [6.45, 7) is 0.732. The van der Waals surface area contributed by atoms with Crippen molar-refractivity contribution < 1.29 is 27.5 Å². The second-order valence-corrected chi connectivity index (χ2v) is 8.54. The molecule has 4 heterocycles. The van der Waals surface area contributed by atoms with E-state index in [9.17, 15) is 18.4 Å². The molecule has 0 bridgehead atoms. The molecule has 2 saturated heterocycles. The van der Waals surface area contributed by atoms with Crippen LogP contribution in [0.25, 0.3) is 22.4 Å². The van der Waals surface area contributed by atoms with Crippen molar-refractivity contribution in [1.29, 1.82) is 0 Å². The van der Waals surface area contributed by atoms with Gasteiger partial charge in [-0.1, -0.05) is 12.1 Å². The third-order valence-electron chi connectivity index (χ3n) is 6.36. The van der Waals surface area contributed by atoms with Crippen LogP contribution in [0.15, 0.2) is 42.7 Å². The molecule has 2 aliphatic heterocycles. The highest BCUT2D eigenvalue weighted by atomic mass is 19.1. The Balaban J connectivity index is 1.80. The highest BCUT2D eigenvalue weighted by Crippen LogP contribution is 2.42. The number of nitrogens with zero attached hydrogens (tertiary/aromatic N) is 2. The van der Waals surface area contributed by atoms with Crippen LogP contribution in [-0.4, -0.2) is 40.3 Å². The third-order valence-corrected chi connectivity index (χ3v) is 6.36. The summed E-state index contributed by atoms with van der Waals surface area (Å²) in [6, 6.07) is 5.88. The molecule has 35 heavy (non-hydrogen) atoms. The van der Waals surface area contributed by atoms with Gasteiger partial charge in [-0.25, -0.2) is 18.2 Å². The number of aromatic nitrogens is 2. The summed E-state index contributed by atoms with van der Waals surface area (Å²) in [5.41, 5.74) is 3.43. The molecular formula is C25H21F3N4O3. The summed E-state index contributed by atoms with van der Waals surface area (Å²) in [5.74, 6) is -4.84. The fraction of sp³-hybridized carbons (Fsp3) is 0.280. The molecule has 2 fully saturated rings. The summed E-state index contributed by atoms with van der Waals surface area (Å²) in [7, 11) is 0. The molecule has 0 spiro atoms. The lowest BCUT2D eigenvalue weighted by atomic mass is 9.85. The highest BCUT2D eigenvalue weighted by molar-refractivity contribution is 6.01. The van der Waals surface area contributed by atoms with E-state index in [-0.39, 0.29) is 35.3 Å². The lowest BCUT2D eigenvalue weighted by Gasteiger charge is -2.40. The van der Waals surface area contributed by atoms with Gasteiger partial charge >= 0.3 is 0 Å². The van der Waals surface area contributed by atoms with Gasteiger partial charge in [-0.2, -0.15) is 0 Å². The largest absolute Gasteiger partial charge is 0.364 e. The van der Waals surface area contributed by atoms with Crippen LogP contribution in [0.3, 0.4) is 0 Å². The van der Waals surface area contributed by atoms with Gasteiger partial charge in [0.1, 0.15) is 29.1 Å². The van der Waals surface area contributed by atoms with E-state index in [0.717, 1.165) is 31.2 Å². The average molecular weight is 482 g/mol. The van der Waals surface area contributed by atoms with E-state index >= 15 is 4.39 Å². The topological polar surface area (TPSA) is 107 Å². The number of ketones is 1. The second-order valence-electron chi connectivity index (χ2n) is 8.54. The molecule has 1 amide bonds. The fourth-order valence-electron chi connectivity index (χ4n) is 4.79. The number of carbonyl (C=O) groups excluding carboxylic acids is 2. The quantitative estimate of drug-likeness (QED) is 0.590. The number of piperidine rings is 1. The number of primary amides is 1. The molecule has 180 valence electrons. The maximum absolute atomic E-state index is 16.3. The zero-order valence-electron chi connectivity index (χ0n) is 18.4. The van der Waals surface area contributed by atoms with Crippen LogP contribution in [0.5, 0.6) is 0 Å². The molecule has 0 saturated carbocycles. The Kier molecular flexibility index (Phi) is 6.08. The van der Waals surface area contributed by atoms with Crippen LogP contribution in [0.2, 0.25) is 0 Å². The Labute approximate surface area is 198 Å². The summed E-state index contributed by atoms with van der Waals surface area (Å²) < 4.78 is 51.7. The number of benzene rings is 1. The molecule has 0 radical (unpaired) electrons. The number of hydrogen-bond acceptors (Lipinski definition) is 6. The number of carbonyl (C=O) groups is 2. The lowest BCUT2D eigenvalue weighted by molar-refractivity contribution is -0.149.